The predicted molar refractivity (Wildman–Crippen MR) is 72.9 cm³/mol. The number of rotatable bonds is 1. The van der Waals surface area contributed by atoms with E-state index >= 15 is 0 Å². The molecule has 2 unspecified atom stereocenters. The van der Waals surface area contributed by atoms with E-state index in [4.69, 9.17) is 5.73 Å². The molecule has 1 saturated heterocycles. The lowest BCUT2D eigenvalue weighted by Gasteiger charge is -2.47. The Balaban J connectivity index is 2.45. The number of halogens is 1. The molecule has 1 aliphatic heterocycles. The van der Waals surface area contributed by atoms with Crippen LogP contribution in [0.1, 0.15) is 45.2 Å². The largest absolute Gasteiger partial charge is 0.329 e. The Hall–Kier alpha value is -1.42. The lowest BCUT2D eigenvalue weighted by atomic mass is 9.86. The van der Waals surface area contributed by atoms with Gasteiger partial charge in [-0.1, -0.05) is 12.1 Å². The summed E-state index contributed by atoms with van der Waals surface area (Å²) < 4.78 is 13.4. The van der Waals surface area contributed by atoms with Gasteiger partial charge in [0.15, 0.2) is 0 Å². The highest BCUT2D eigenvalue weighted by Gasteiger charge is 2.40. The Kier molecular flexibility index (Phi) is 3.63. The van der Waals surface area contributed by atoms with E-state index in [2.05, 4.69) is 0 Å². The summed E-state index contributed by atoms with van der Waals surface area (Å²) in [6.07, 6.45) is 1.11. The zero-order valence-electron chi connectivity index (χ0n) is 11.7. The van der Waals surface area contributed by atoms with Crippen LogP contribution in [0.2, 0.25) is 0 Å². The first-order valence-corrected chi connectivity index (χ1v) is 6.64. The normalized spacial score (nSPS) is 24.7. The SMILES string of the molecule is CC(C)(C)N1C(=O)CCC(N)C1c1cccc(F)c1. The fourth-order valence-electron chi connectivity index (χ4n) is 2.79. The van der Waals surface area contributed by atoms with Crippen molar-refractivity contribution in [3.8, 4) is 0 Å². The first-order valence-electron chi connectivity index (χ1n) is 6.64. The lowest BCUT2D eigenvalue weighted by molar-refractivity contribution is -0.144. The van der Waals surface area contributed by atoms with E-state index in [-0.39, 0.29) is 29.3 Å². The molecule has 0 radical (unpaired) electrons. The number of carbonyl (C=O) groups is 1. The Morgan fingerprint density at radius 3 is 2.63 bits per heavy atom. The molecule has 0 saturated carbocycles. The van der Waals surface area contributed by atoms with Crippen LogP contribution in [0.15, 0.2) is 24.3 Å². The van der Waals surface area contributed by atoms with E-state index in [1.165, 1.54) is 12.1 Å². The number of likely N-dealkylation sites (tertiary alicyclic amines) is 1. The van der Waals surface area contributed by atoms with Crippen molar-refractivity contribution < 1.29 is 9.18 Å². The minimum absolute atomic E-state index is 0.0865. The van der Waals surface area contributed by atoms with Crippen molar-refractivity contribution in [3.05, 3.63) is 35.6 Å². The molecule has 1 fully saturated rings. The van der Waals surface area contributed by atoms with Gasteiger partial charge in [0, 0.05) is 18.0 Å². The summed E-state index contributed by atoms with van der Waals surface area (Å²) in [7, 11) is 0. The van der Waals surface area contributed by atoms with Gasteiger partial charge in [0.05, 0.1) is 6.04 Å². The molecule has 0 spiro atoms. The van der Waals surface area contributed by atoms with Crippen molar-refractivity contribution in [2.24, 2.45) is 5.73 Å². The second-order valence-corrected chi connectivity index (χ2v) is 6.14. The quantitative estimate of drug-likeness (QED) is 0.847. The minimum Gasteiger partial charge on any atom is -0.329 e. The fourth-order valence-corrected chi connectivity index (χ4v) is 2.79. The molecular formula is C15H21FN2O. The number of benzene rings is 1. The summed E-state index contributed by atoms with van der Waals surface area (Å²) in [6.45, 7) is 5.94. The van der Waals surface area contributed by atoms with Gasteiger partial charge in [-0.15, -0.1) is 0 Å². The predicted octanol–water partition coefficient (Wildman–Crippen LogP) is 2.62. The van der Waals surface area contributed by atoms with Crippen LogP contribution in [0.3, 0.4) is 0 Å². The first-order chi connectivity index (χ1) is 8.80. The van der Waals surface area contributed by atoms with E-state index in [0.29, 0.717) is 12.8 Å². The molecule has 1 aromatic rings. The van der Waals surface area contributed by atoms with Crippen LogP contribution in [0.4, 0.5) is 4.39 Å². The van der Waals surface area contributed by atoms with Gasteiger partial charge in [-0.3, -0.25) is 4.79 Å². The van der Waals surface area contributed by atoms with Gasteiger partial charge in [0.1, 0.15) is 5.82 Å². The molecule has 0 aliphatic carbocycles. The number of amides is 1. The molecule has 2 N–H and O–H groups in total. The van der Waals surface area contributed by atoms with Crippen LogP contribution < -0.4 is 5.73 Å². The summed E-state index contributed by atoms with van der Waals surface area (Å²) in [5, 5.41) is 0. The standard InChI is InChI=1S/C15H21FN2O/c1-15(2,3)18-13(19)8-7-12(17)14(18)10-5-4-6-11(16)9-10/h4-6,9,12,14H,7-8,17H2,1-3H3. The third-order valence-corrected chi connectivity index (χ3v) is 3.56. The number of hydrogen-bond donors (Lipinski definition) is 1. The van der Waals surface area contributed by atoms with E-state index in [1.807, 2.05) is 26.8 Å². The Morgan fingerprint density at radius 1 is 1.37 bits per heavy atom. The first kappa shape index (κ1) is 14.0. The maximum absolute atomic E-state index is 13.4. The van der Waals surface area contributed by atoms with Crippen molar-refractivity contribution in [1.82, 2.24) is 4.90 Å². The van der Waals surface area contributed by atoms with Gasteiger partial charge in [0.2, 0.25) is 5.91 Å². The van der Waals surface area contributed by atoms with Crippen LogP contribution in [0.5, 0.6) is 0 Å². The Bertz CT molecular complexity index is 481. The van der Waals surface area contributed by atoms with E-state index in [1.54, 1.807) is 11.0 Å². The smallest absolute Gasteiger partial charge is 0.223 e. The maximum Gasteiger partial charge on any atom is 0.223 e. The molecular weight excluding hydrogens is 243 g/mol. The molecule has 2 rings (SSSR count). The van der Waals surface area contributed by atoms with Crippen molar-refractivity contribution in [2.75, 3.05) is 0 Å². The van der Waals surface area contributed by atoms with Gasteiger partial charge >= 0.3 is 0 Å². The molecule has 0 bridgehead atoms. The minimum atomic E-state index is -0.327. The highest BCUT2D eigenvalue weighted by Crippen LogP contribution is 2.36. The average Bonchev–Trinajstić information content (AvgIpc) is 2.30. The van der Waals surface area contributed by atoms with Crippen molar-refractivity contribution in [2.45, 2.75) is 51.2 Å². The average molecular weight is 264 g/mol. The topological polar surface area (TPSA) is 46.3 Å². The monoisotopic (exact) mass is 264 g/mol. The second kappa shape index (κ2) is 4.93. The van der Waals surface area contributed by atoms with Gasteiger partial charge in [0.25, 0.3) is 0 Å². The Labute approximate surface area is 113 Å². The van der Waals surface area contributed by atoms with Crippen molar-refractivity contribution in [1.29, 1.82) is 0 Å². The van der Waals surface area contributed by atoms with E-state index in [0.717, 1.165) is 5.56 Å². The maximum atomic E-state index is 13.4. The van der Waals surface area contributed by atoms with Gasteiger partial charge in [-0.2, -0.15) is 0 Å². The van der Waals surface area contributed by atoms with Crippen molar-refractivity contribution in [3.63, 3.8) is 0 Å². The number of nitrogens with two attached hydrogens (primary N) is 1. The molecule has 104 valence electrons. The molecule has 3 nitrogen and oxygen atoms in total. The fraction of sp³-hybridized carbons (Fsp3) is 0.533. The summed E-state index contributed by atoms with van der Waals surface area (Å²) in [5.74, 6) is -0.208. The highest BCUT2D eigenvalue weighted by molar-refractivity contribution is 5.78. The second-order valence-electron chi connectivity index (χ2n) is 6.14. The molecule has 19 heavy (non-hydrogen) atoms. The van der Waals surface area contributed by atoms with E-state index < -0.39 is 0 Å². The molecule has 1 aromatic carbocycles. The van der Waals surface area contributed by atoms with Gasteiger partial charge < -0.3 is 10.6 Å². The van der Waals surface area contributed by atoms with E-state index in [9.17, 15) is 9.18 Å². The lowest BCUT2D eigenvalue weighted by Crippen LogP contribution is -2.56. The van der Waals surface area contributed by atoms with Gasteiger partial charge in [-0.25, -0.2) is 4.39 Å². The zero-order chi connectivity index (χ0) is 14.2. The molecule has 1 aliphatic rings. The highest BCUT2D eigenvalue weighted by atomic mass is 19.1. The van der Waals surface area contributed by atoms with Crippen LogP contribution >= 0.6 is 0 Å². The number of hydrogen-bond acceptors (Lipinski definition) is 2. The number of carbonyl (C=O) groups excluding carboxylic acids is 1. The van der Waals surface area contributed by atoms with Crippen LogP contribution in [-0.2, 0) is 4.79 Å². The summed E-state index contributed by atoms with van der Waals surface area (Å²) >= 11 is 0. The summed E-state index contributed by atoms with van der Waals surface area (Å²) in [4.78, 5) is 14.0. The molecule has 1 amide bonds. The molecule has 2 atom stereocenters. The van der Waals surface area contributed by atoms with Crippen LogP contribution in [0.25, 0.3) is 0 Å². The number of piperidine rings is 1. The van der Waals surface area contributed by atoms with Crippen LogP contribution in [-0.4, -0.2) is 22.4 Å². The summed E-state index contributed by atoms with van der Waals surface area (Å²) in [6, 6.07) is 5.97. The molecule has 0 aromatic heterocycles. The molecule has 4 heteroatoms. The van der Waals surface area contributed by atoms with Crippen LogP contribution in [0, 0.1) is 5.82 Å². The molecule has 1 heterocycles. The Morgan fingerprint density at radius 2 is 2.05 bits per heavy atom. The number of nitrogens with zero attached hydrogens (tertiary/aromatic N) is 1. The zero-order valence-corrected chi connectivity index (χ0v) is 11.7. The summed E-state index contributed by atoms with van der Waals surface area (Å²) in [5.41, 5.74) is 6.64. The third kappa shape index (κ3) is 2.78. The van der Waals surface area contributed by atoms with Gasteiger partial charge in [-0.05, 0) is 44.9 Å². The third-order valence-electron chi connectivity index (χ3n) is 3.56. The van der Waals surface area contributed by atoms with Crippen molar-refractivity contribution >= 4 is 5.91 Å².